The molecule has 1 aliphatic heterocycles. The van der Waals surface area contributed by atoms with Crippen LogP contribution < -0.4 is 5.30 Å². The molecule has 160 valence electrons. The second-order valence-corrected chi connectivity index (χ2v) is 8.19. The molecule has 0 bridgehead atoms. The summed E-state index contributed by atoms with van der Waals surface area (Å²) in [7, 11) is 2.81. The number of nitrogens with zero attached hydrogens (tertiary/aromatic N) is 1. The van der Waals surface area contributed by atoms with Crippen LogP contribution in [0.4, 0.5) is 0 Å². The molecule has 29 heavy (non-hydrogen) atoms. The predicted octanol–water partition coefficient (Wildman–Crippen LogP) is 5.96. The highest BCUT2D eigenvalue weighted by Gasteiger charge is 2.27. The van der Waals surface area contributed by atoms with Gasteiger partial charge in [0.2, 0.25) is 0 Å². The Balaban J connectivity index is 0.000000989. The zero-order valence-corrected chi connectivity index (χ0v) is 20.0. The Morgan fingerprint density at radius 3 is 2.66 bits per heavy atom. The van der Waals surface area contributed by atoms with Gasteiger partial charge in [-0.1, -0.05) is 32.9 Å². The van der Waals surface area contributed by atoms with Gasteiger partial charge in [0.05, 0.1) is 11.8 Å². The smallest absolute Gasteiger partial charge is 0.130 e. The van der Waals surface area contributed by atoms with Crippen LogP contribution in [0.5, 0.6) is 0 Å². The standard InChI is InChI=1S/C21H28NO2P.C2H6.C2H4/c1-13(8-15(3)23)12-24-18-6-7-19-17(9-18)10-20(22-19)16-5-4-14(2)21(25)11-16;2*1-2/h4-5,11,13,18H,6-10,12,25H2,1-3H3;1-2H3;1-2H2. The molecule has 1 aliphatic carbocycles. The lowest BCUT2D eigenvalue weighted by atomic mass is 9.91. The fourth-order valence-corrected chi connectivity index (χ4v) is 3.94. The van der Waals surface area contributed by atoms with Crippen molar-refractivity contribution >= 4 is 26.0 Å². The van der Waals surface area contributed by atoms with Crippen LogP contribution in [0.2, 0.25) is 0 Å². The quantitative estimate of drug-likeness (QED) is 0.425. The highest BCUT2D eigenvalue weighted by molar-refractivity contribution is 7.27. The van der Waals surface area contributed by atoms with Gasteiger partial charge in [-0.3, -0.25) is 4.99 Å². The van der Waals surface area contributed by atoms with Crippen LogP contribution in [0.1, 0.15) is 70.9 Å². The SMILES string of the molecule is C=C.CC.CC(=O)CC(C)COC1CCC2=C(CC(c3ccc(C)c(P)c3)=N2)C1. The van der Waals surface area contributed by atoms with Gasteiger partial charge in [-0.2, -0.15) is 0 Å². The molecule has 3 atom stereocenters. The summed E-state index contributed by atoms with van der Waals surface area (Å²) in [4.78, 5) is 16.1. The minimum atomic E-state index is 0.241. The Morgan fingerprint density at radius 2 is 2.03 bits per heavy atom. The number of ether oxygens (including phenoxy) is 1. The summed E-state index contributed by atoms with van der Waals surface area (Å²) in [6.07, 6.45) is 4.85. The molecule has 0 N–H and O–H groups in total. The van der Waals surface area contributed by atoms with Crippen molar-refractivity contribution in [1.82, 2.24) is 0 Å². The van der Waals surface area contributed by atoms with Gasteiger partial charge in [0.1, 0.15) is 5.78 Å². The summed E-state index contributed by atoms with van der Waals surface area (Å²) in [5.74, 6) is 0.543. The molecule has 2 aliphatic rings. The zero-order chi connectivity index (χ0) is 22.0. The predicted molar refractivity (Wildman–Crippen MR) is 129 cm³/mol. The van der Waals surface area contributed by atoms with Crippen LogP contribution in [0.3, 0.4) is 0 Å². The van der Waals surface area contributed by atoms with E-state index in [0.29, 0.717) is 18.9 Å². The maximum atomic E-state index is 11.2. The van der Waals surface area contributed by atoms with Crippen molar-refractivity contribution in [3.05, 3.63) is 53.8 Å². The Kier molecular flexibility index (Phi) is 11.3. The number of ketones is 1. The molecule has 1 aromatic rings. The summed E-state index contributed by atoms with van der Waals surface area (Å²) in [5, 5.41) is 1.24. The first-order valence-electron chi connectivity index (χ1n) is 10.7. The highest BCUT2D eigenvalue weighted by atomic mass is 31.0. The van der Waals surface area contributed by atoms with Gasteiger partial charge >= 0.3 is 0 Å². The minimum Gasteiger partial charge on any atom is -0.378 e. The topological polar surface area (TPSA) is 38.7 Å². The number of benzene rings is 1. The van der Waals surface area contributed by atoms with Crippen molar-refractivity contribution in [2.45, 2.75) is 72.8 Å². The van der Waals surface area contributed by atoms with Crippen LogP contribution in [-0.2, 0) is 9.53 Å². The van der Waals surface area contributed by atoms with E-state index in [1.807, 2.05) is 13.8 Å². The van der Waals surface area contributed by atoms with E-state index >= 15 is 0 Å². The Labute approximate surface area is 179 Å². The number of carbonyl (C=O) groups is 1. The second kappa shape index (κ2) is 12.9. The number of carbonyl (C=O) groups excluding carboxylic acids is 1. The monoisotopic (exact) mass is 415 g/mol. The number of aryl methyl sites for hydroxylation is 1. The van der Waals surface area contributed by atoms with E-state index in [9.17, 15) is 4.79 Å². The van der Waals surface area contributed by atoms with Gasteiger partial charge in [0.15, 0.2) is 0 Å². The van der Waals surface area contributed by atoms with E-state index in [2.05, 4.69) is 54.4 Å². The lowest BCUT2D eigenvalue weighted by Gasteiger charge is -2.24. The van der Waals surface area contributed by atoms with E-state index in [4.69, 9.17) is 9.73 Å². The number of Topliss-reactive ketones (excluding diaryl/α,β-unsaturated/α-hetero) is 1. The number of hydrogen-bond donors (Lipinski definition) is 0. The number of allylic oxidation sites excluding steroid dienone is 1. The van der Waals surface area contributed by atoms with Gasteiger partial charge < -0.3 is 9.53 Å². The first-order chi connectivity index (χ1) is 13.9. The Hall–Kier alpha value is -1.57. The molecule has 0 aromatic heterocycles. The maximum Gasteiger partial charge on any atom is 0.130 e. The molecule has 0 saturated heterocycles. The molecule has 0 spiro atoms. The van der Waals surface area contributed by atoms with Crippen molar-refractivity contribution in [3.8, 4) is 0 Å². The van der Waals surface area contributed by atoms with E-state index in [1.165, 1.54) is 33.4 Å². The lowest BCUT2D eigenvalue weighted by molar-refractivity contribution is -0.118. The largest absolute Gasteiger partial charge is 0.378 e. The van der Waals surface area contributed by atoms with E-state index in [-0.39, 0.29) is 11.9 Å². The number of rotatable bonds is 6. The molecule has 0 amide bonds. The van der Waals surface area contributed by atoms with Crippen molar-refractivity contribution in [3.63, 3.8) is 0 Å². The van der Waals surface area contributed by atoms with Crippen LogP contribution in [0.15, 0.2) is 47.6 Å². The van der Waals surface area contributed by atoms with Crippen LogP contribution in [0.25, 0.3) is 0 Å². The van der Waals surface area contributed by atoms with Crippen LogP contribution in [0, 0.1) is 12.8 Å². The average molecular weight is 416 g/mol. The summed E-state index contributed by atoms with van der Waals surface area (Å²) in [6.45, 7) is 16.5. The lowest BCUT2D eigenvalue weighted by Crippen LogP contribution is -2.21. The highest BCUT2D eigenvalue weighted by Crippen LogP contribution is 2.35. The fraction of sp³-hybridized carbons (Fsp3) is 0.520. The third-order valence-corrected chi connectivity index (χ3v) is 5.72. The second-order valence-electron chi connectivity index (χ2n) is 7.57. The Morgan fingerprint density at radius 1 is 1.34 bits per heavy atom. The summed E-state index contributed by atoms with van der Waals surface area (Å²) in [6, 6.07) is 6.56. The van der Waals surface area contributed by atoms with Crippen molar-refractivity contribution < 1.29 is 9.53 Å². The van der Waals surface area contributed by atoms with Gasteiger partial charge in [-0.05, 0) is 67.1 Å². The summed E-state index contributed by atoms with van der Waals surface area (Å²) < 4.78 is 6.09. The van der Waals surface area contributed by atoms with E-state index < -0.39 is 0 Å². The molecular weight excluding hydrogens is 377 g/mol. The zero-order valence-electron chi connectivity index (χ0n) is 18.9. The maximum absolute atomic E-state index is 11.2. The molecular formula is C25H38NO2P. The number of hydrogen-bond acceptors (Lipinski definition) is 3. The van der Waals surface area contributed by atoms with Gasteiger partial charge in [0, 0.05) is 25.1 Å². The van der Waals surface area contributed by atoms with Gasteiger partial charge in [0.25, 0.3) is 0 Å². The third-order valence-electron chi connectivity index (χ3n) is 5.10. The van der Waals surface area contributed by atoms with Crippen molar-refractivity contribution in [2.24, 2.45) is 10.9 Å². The van der Waals surface area contributed by atoms with E-state index in [0.717, 1.165) is 25.7 Å². The molecule has 0 radical (unpaired) electrons. The molecule has 0 fully saturated rings. The first kappa shape index (κ1) is 25.5. The van der Waals surface area contributed by atoms with E-state index in [1.54, 1.807) is 6.92 Å². The van der Waals surface area contributed by atoms with Crippen LogP contribution in [-0.4, -0.2) is 24.2 Å². The third kappa shape index (κ3) is 7.64. The Bertz CT molecular complexity index is 751. The molecule has 1 heterocycles. The molecule has 3 nitrogen and oxygen atoms in total. The first-order valence-corrected chi connectivity index (χ1v) is 11.3. The van der Waals surface area contributed by atoms with Crippen molar-refractivity contribution in [2.75, 3.05) is 6.61 Å². The average Bonchev–Trinajstić information content (AvgIpc) is 3.14. The minimum absolute atomic E-state index is 0.241. The normalized spacial score (nSPS) is 18.6. The van der Waals surface area contributed by atoms with Crippen molar-refractivity contribution in [1.29, 1.82) is 0 Å². The molecule has 3 rings (SSSR count). The summed E-state index contributed by atoms with van der Waals surface area (Å²) in [5.41, 5.74) is 6.43. The van der Waals surface area contributed by atoms with Crippen LogP contribution >= 0.6 is 9.24 Å². The molecule has 0 saturated carbocycles. The fourth-order valence-electron chi connectivity index (χ4n) is 3.66. The van der Waals surface area contributed by atoms with Gasteiger partial charge in [-0.15, -0.1) is 22.4 Å². The molecule has 3 unspecified atom stereocenters. The molecule has 4 heteroatoms. The molecule has 1 aromatic carbocycles. The number of aliphatic imine (C=N–C) groups is 1. The van der Waals surface area contributed by atoms with Gasteiger partial charge in [-0.25, -0.2) is 0 Å². The summed E-state index contributed by atoms with van der Waals surface area (Å²) >= 11 is 0.